The zero-order valence-corrected chi connectivity index (χ0v) is 15.4. The molecule has 3 aromatic rings. The van der Waals surface area contributed by atoms with E-state index in [9.17, 15) is 0 Å². The first-order valence-electron chi connectivity index (χ1n) is 8.01. The number of imidazole rings is 1. The van der Waals surface area contributed by atoms with Crippen molar-refractivity contribution in [3.8, 4) is 11.3 Å². The highest BCUT2D eigenvalue weighted by molar-refractivity contribution is 8.07. The molecule has 1 aliphatic heterocycles. The molecule has 5 heteroatoms. The highest BCUT2D eigenvalue weighted by Gasteiger charge is 2.24. The minimum absolute atomic E-state index is 0.905. The molecule has 0 fully saturated rings. The fourth-order valence-corrected chi connectivity index (χ4v) is 4.70. The third-order valence-corrected chi connectivity index (χ3v) is 5.96. The van der Waals surface area contributed by atoms with Crippen LogP contribution in [0.25, 0.3) is 16.2 Å². The maximum absolute atomic E-state index is 4.72. The number of nitrogens with zero attached hydrogens (tertiary/aromatic N) is 3. The van der Waals surface area contributed by atoms with Gasteiger partial charge in [0.1, 0.15) is 11.5 Å². The maximum Gasteiger partial charge on any atom is 0.141 e. The second-order valence-electron chi connectivity index (χ2n) is 5.65. The zero-order valence-electron chi connectivity index (χ0n) is 13.8. The largest absolute Gasteiger partial charge is 0.326 e. The third kappa shape index (κ3) is 2.58. The molecule has 0 radical (unpaired) electrons. The van der Waals surface area contributed by atoms with Crippen LogP contribution in [0.4, 0.5) is 5.82 Å². The van der Waals surface area contributed by atoms with Gasteiger partial charge in [-0.1, -0.05) is 30.3 Å². The summed E-state index contributed by atoms with van der Waals surface area (Å²) >= 11 is 3.64. The summed E-state index contributed by atoms with van der Waals surface area (Å²) in [7, 11) is 0. The van der Waals surface area contributed by atoms with Crippen LogP contribution in [-0.2, 0) is 13.1 Å². The van der Waals surface area contributed by atoms with E-state index in [2.05, 4.69) is 64.6 Å². The number of benzene rings is 1. The van der Waals surface area contributed by atoms with Crippen molar-refractivity contribution >= 4 is 33.8 Å². The molecule has 0 atom stereocenters. The van der Waals surface area contributed by atoms with Crippen molar-refractivity contribution in [3.05, 3.63) is 64.7 Å². The molecule has 122 valence electrons. The van der Waals surface area contributed by atoms with E-state index in [4.69, 9.17) is 4.98 Å². The number of aromatic nitrogens is 2. The van der Waals surface area contributed by atoms with Crippen LogP contribution >= 0.6 is 23.1 Å². The summed E-state index contributed by atoms with van der Waals surface area (Å²) in [5.41, 5.74) is 3.59. The van der Waals surface area contributed by atoms with Crippen molar-refractivity contribution in [3.63, 3.8) is 0 Å². The van der Waals surface area contributed by atoms with Gasteiger partial charge in [-0.25, -0.2) is 4.98 Å². The van der Waals surface area contributed by atoms with Crippen molar-refractivity contribution in [1.29, 1.82) is 0 Å². The quantitative estimate of drug-likeness (QED) is 0.634. The number of thioether (sulfide) groups is 1. The van der Waals surface area contributed by atoms with E-state index >= 15 is 0 Å². The molecule has 0 unspecified atom stereocenters. The highest BCUT2D eigenvalue weighted by Crippen LogP contribution is 2.40. The summed E-state index contributed by atoms with van der Waals surface area (Å²) in [5.74, 6) is 1.18. The van der Waals surface area contributed by atoms with E-state index in [-0.39, 0.29) is 0 Å². The predicted molar refractivity (Wildman–Crippen MR) is 105 cm³/mol. The Morgan fingerprint density at radius 2 is 2.04 bits per heavy atom. The molecule has 24 heavy (non-hydrogen) atoms. The van der Waals surface area contributed by atoms with Crippen molar-refractivity contribution in [2.45, 2.75) is 20.0 Å². The fourth-order valence-electron chi connectivity index (χ4n) is 3.10. The van der Waals surface area contributed by atoms with Crippen LogP contribution in [-0.4, -0.2) is 15.8 Å². The molecular weight excluding hydrogens is 334 g/mol. The van der Waals surface area contributed by atoms with Gasteiger partial charge in [0.25, 0.3) is 0 Å². The summed E-state index contributed by atoms with van der Waals surface area (Å²) in [4.78, 5) is 9.81. The Kier molecular flexibility index (Phi) is 4.21. The number of hydrogen-bond donors (Lipinski definition) is 0. The number of anilines is 1. The standard InChI is InChI=1S/C19H19N3S2/c1-3-21-13-20-18(14-7-5-4-6-8-14)19(21)22-11-16(23-2)15-9-10-24-17(15)12-22/h4-11,13H,3,12H2,1-2H3. The fraction of sp³-hybridized carbons (Fsp3) is 0.211. The van der Waals surface area contributed by atoms with Crippen LogP contribution in [0.15, 0.2) is 54.3 Å². The summed E-state index contributed by atoms with van der Waals surface area (Å²) < 4.78 is 2.23. The number of fused-ring (bicyclic) bond motifs is 1. The summed E-state index contributed by atoms with van der Waals surface area (Å²) in [6.45, 7) is 3.98. The van der Waals surface area contributed by atoms with E-state index in [1.807, 2.05) is 23.7 Å². The Morgan fingerprint density at radius 3 is 2.79 bits per heavy atom. The van der Waals surface area contributed by atoms with Gasteiger partial charge in [-0.3, -0.25) is 0 Å². The number of rotatable bonds is 4. The maximum atomic E-state index is 4.72. The molecule has 0 saturated heterocycles. The van der Waals surface area contributed by atoms with Crippen LogP contribution in [0.5, 0.6) is 0 Å². The topological polar surface area (TPSA) is 21.1 Å². The van der Waals surface area contributed by atoms with Crippen LogP contribution in [0.3, 0.4) is 0 Å². The van der Waals surface area contributed by atoms with E-state index in [0.717, 1.165) is 24.3 Å². The van der Waals surface area contributed by atoms with E-state index in [1.54, 1.807) is 11.8 Å². The van der Waals surface area contributed by atoms with Gasteiger partial charge in [-0.2, -0.15) is 0 Å². The molecule has 2 aromatic heterocycles. The summed E-state index contributed by atoms with van der Waals surface area (Å²) in [5, 5.41) is 2.19. The third-order valence-electron chi connectivity index (χ3n) is 4.29. The van der Waals surface area contributed by atoms with Gasteiger partial charge in [0, 0.05) is 33.7 Å². The Balaban J connectivity index is 1.84. The minimum atomic E-state index is 0.905. The van der Waals surface area contributed by atoms with Crippen molar-refractivity contribution in [2.75, 3.05) is 11.2 Å². The molecule has 0 bridgehead atoms. The van der Waals surface area contributed by atoms with Gasteiger partial charge in [-0.05, 0) is 24.6 Å². The first kappa shape index (κ1) is 15.5. The Labute approximate surface area is 150 Å². The molecule has 0 amide bonds. The average Bonchev–Trinajstić information content (AvgIpc) is 3.27. The first-order valence-corrected chi connectivity index (χ1v) is 10.1. The van der Waals surface area contributed by atoms with Gasteiger partial charge in [0.15, 0.2) is 0 Å². The lowest BCUT2D eigenvalue weighted by Crippen LogP contribution is -2.22. The Bertz CT molecular complexity index is 877. The first-order chi connectivity index (χ1) is 11.8. The van der Waals surface area contributed by atoms with Crippen LogP contribution in [0.2, 0.25) is 0 Å². The van der Waals surface area contributed by atoms with Gasteiger partial charge in [0.2, 0.25) is 0 Å². The van der Waals surface area contributed by atoms with Crippen LogP contribution in [0, 0.1) is 0 Å². The SMILES string of the molecule is CCn1cnc(-c2ccccc2)c1N1C=C(SC)c2ccsc2C1. The number of hydrogen-bond acceptors (Lipinski definition) is 4. The highest BCUT2D eigenvalue weighted by atomic mass is 32.2. The average molecular weight is 354 g/mol. The van der Waals surface area contributed by atoms with E-state index in [1.165, 1.54) is 21.2 Å². The monoisotopic (exact) mass is 353 g/mol. The lowest BCUT2D eigenvalue weighted by Gasteiger charge is -2.28. The predicted octanol–water partition coefficient (Wildman–Crippen LogP) is 5.31. The molecule has 1 aromatic carbocycles. The molecule has 3 nitrogen and oxygen atoms in total. The Hall–Kier alpha value is -1.98. The lowest BCUT2D eigenvalue weighted by molar-refractivity contribution is 0.741. The van der Waals surface area contributed by atoms with Gasteiger partial charge in [0.05, 0.1) is 12.9 Å². The second kappa shape index (κ2) is 6.49. The molecule has 0 N–H and O–H groups in total. The zero-order chi connectivity index (χ0) is 16.5. The summed E-state index contributed by atoms with van der Waals surface area (Å²) in [6, 6.07) is 12.7. The molecule has 1 aliphatic rings. The van der Waals surface area contributed by atoms with Crippen molar-refractivity contribution in [1.82, 2.24) is 9.55 Å². The van der Waals surface area contributed by atoms with E-state index in [0.29, 0.717) is 0 Å². The molecule has 0 aliphatic carbocycles. The van der Waals surface area contributed by atoms with Gasteiger partial charge >= 0.3 is 0 Å². The van der Waals surface area contributed by atoms with Crippen molar-refractivity contribution in [2.24, 2.45) is 0 Å². The minimum Gasteiger partial charge on any atom is -0.326 e. The molecule has 3 heterocycles. The van der Waals surface area contributed by atoms with E-state index < -0.39 is 0 Å². The van der Waals surface area contributed by atoms with Gasteiger partial charge in [-0.15, -0.1) is 23.1 Å². The second-order valence-corrected chi connectivity index (χ2v) is 7.50. The molecule has 4 rings (SSSR count). The normalized spacial score (nSPS) is 13.8. The lowest BCUT2D eigenvalue weighted by atomic mass is 10.1. The molecule has 0 saturated carbocycles. The number of aryl methyl sites for hydroxylation is 1. The molecular formula is C19H19N3S2. The number of thiophene rings is 1. The Morgan fingerprint density at radius 1 is 1.21 bits per heavy atom. The van der Waals surface area contributed by atoms with Gasteiger partial charge < -0.3 is 9.47 Å². The van der Waals surface area contributed by atoms with Crippen LogP contribution < -0.4 is 4.90 Å². The van der Waals surface area contributed by atoms with Crippen LogP contribution in [0.1, 0.15) is 17.4 Å². The summed E-state index contributed by atoms with van der Waals surface area (Å²) in [6.07, 6.45) is 6.37. The smallest absolute Gasteiger partial charge is 0.141 e. The molecule has 0 spiro atoms. The van der Waals surface area contributed by atoms with Crippen molar-refractivity contribution < 1.29 is 0 Å².